The van der Waals surface area contributed by atoms with E-state index in [0.29, 0.717) is 5.82 Å². The highest BCUT2D eigenvalue weighted by Gasteiger charge is 2.21. The molecule has 0 aliphatic rings. The molecule has 2 aromatic heterocycles. The van der Waals surface area contributed by atoms with Gasteiger partial charge in [-0.3, -0.25) is 14.3 Å². The minimum Gasteiger partial charge on any atom is -0.337 e. The molecule has 0 aromatic carbocycles. The number of nitrogens with two attached hydrogens (primary N) is 1. The second-order valence-electron chi connectivity index (χ2n) is 4.47. The number of aromatic amines is 1. The standard InChI is InChI=1S/C10H13N5O3/c1-10(2,11)8-13-7(18-14-8)5-15-4-3-6(16)12-9(15)17/h3-4H,5,11H2,1-2H3,(H,12,16,17). The van der Waals surface area contributed by atoms with E-state index in [2.05, 4.69) is 15.1 Å². The summed E-state index contributed by atoms with van der Waals surface area (Å²) in [5.41, 5.74) is 4.12. The van der Waals surface area contributed by atoms with Gasteiger partial charge in [-0.2, -0.15) is 4.98 Å². The minimum atomic E-state index is -0.711. The van der Waals surface area contributed by atoms with E-state index in [0.717, 1.165) is 0 Å². The Morgan fingerprint density at radius 1 is 1.50 bits per heavy atom. The Labute approximate surface area is 101 Å². The summed E-state index contributed by atoms with van der Waals surface area (Å²) in [6.07, 6.45) is 1.36. The fraction of sp³-hybridized carbons (Fsp3) is 0.400. The van der Waals surface area contributed by atoms with Gasteiger partial charge < -0.3 is 10.3 Å². The van der Waals surface area contributed by atoms with Crippen molar-refractivity contribution < 1.29 is 4.52 Å². The first-order valence-corrected chi connectivity index (χ1v) is 5.28. The summed E-state index contributed by atoms with van der Waals surface area (Å²) in [6, 6.07) is 1.24. The molecule has 8 nitrogen and oxygen atoms in total. The number of nitrogens with zero attached hydrogens (tertiary/aromatic N) is 3. The molecular weight excluding hydrogens is 238 g/mol. The molecular formula is C10H13N5O3. The van der Waals surface area contributed by atoms with Gasteiger partial charge in [-0.25, -0.2) is 4.79 Å². The van der Waals surface area contributed by atoms with Crippen molar-refractivity contribution in [3.05, 3.63) is 44.8 Å². The van der Waals surface area contributed by atoms with Crippen LogP contribution >= 0.6 is 0 Å². The summed E-state index contributed by atoms with van der Waals surface area (Å²) in [6.45, 7) is 3.57. The molecule has 2 aromatic rings. The van der Waals surface area contributed by atoms with Crippen molar-refractivity contribution in [1.82, 2.24) is 19.7 Å². The van der Waals surface area contributed by atoms with Gasteiger partial charge in [0, 0.05) is 12.3 Å². The summed E-state index contributed by atoms with van der Waals surface area (Å²) in [7, 11) is 0. The van der Waals surface area contributed by atoms with Gasteiger partial charge in [0.2, 0.25) is 5.89 Å². The van der Waals surface area contributed by atoms with E-state index < -0.39 is 16.8 Å². The SMILES string of the molecule is CC(C)(N)c1noc(Cn2ccc(=O)[nH]c2=O)n1. The number of hydrogen-bond donors (Lipinski definition) is 2. The van der Waals surface area contributed by atoms with Crippen LogP contribution < -0.4 is 17.0 Å². The van der Waals surface area contributed by atoms with Crippen LogP contribution in [0.15, 0.2) is 26.4 Å². The molecule has 96 valence electrons. The molecule has 2 heterocycles. The highest BCUT2D eigenvalue weighted by molar-refractivity contribution is 4.99. The second kappa shape index (κ2) is 4.22. The third-order valence-corrected chi connectivity index (χ3v) is 2.25. The van der Waals surface area contributed by atoms with Crippen LogP contribution in [0.1, 0.15) is 25.6 Å². The molecule has 0 unspecified atom stereocenters. The van der Waals surface area contributed by atoms with Crippen LogP contribution in [0.5, 0.6) is 0 Å². The third kappa shape index (κ3) is 2.54. The van der Waals surface area contributed by atoms with E-state index in [9.17, 15) is 9.59 Å². The predicted octanol–water partition coefficient (Wildman–Crippen LogP) is -0.838. The summed E-state index contributed by atoms with van der Waals surface area (Å²) in [4.78, 5) is 28.6. The number of rotatable bonds is 3. The highest BCUT2D eigenvalue weighted by Crippen LogP contribution is 2.12. The maximum Gasteiger partial charge on any atom is 0.328 e. The predicted molar refractivity (Wildman–Crippen MR) is 61.9 cm³/mol. The lowest BCUT2D eigenvalue weighted by Gasteiger charge is -2.11. The van der Waals surface area contributed by atoms with Crippen LogP contribution in [0.25, 0.3) is 0 Å². The lowest BCUT2D eigenvalue weighted by atomic mass is 10.1. The molecule has 0 aliphatic heterocycles. The maximum absolute atomic E-state index is 11.4. The molecule has 0 atom stereocenters. The maximum atomic E-state index is 11.4. The molecule has 0 saturated carbocycles. The Morgan fingerprint density at radius 2 is 2.22 bits per heavy atom. The van der Waals surface area contributed by atoms with Gasteiger partial charge in [-0.1, -0.05) is 5.16 Å². The first-order valence-electron chi connectivity index (χ1n) is 5.28. The van der Waals surface area contributed by atoms with Gasteiger partial charge in [0.15, 0.2) is 5.82 Å². The smallest absolute Gasteiger partial charge is 0.328 e. The quantitative estimate of drug-likeness (QED) is 0.734. The van der Waals surface area contributed by atoms with Gasteiger partial charge in [-0.05, 0) is 13.8 Å². The Kier molecular flexibility index (Phi) is 2.87. The average Bonchev–Trinajstić information content (AvgIpc) is 2.70. The van der Waals surface area contributed by atoms with Crippen LogP contribution in [-0.4, -0.2) is 19.7 Å². The van der Waals surface area contributed by atoms with Crippen LogP contribution in [0, 0.1) is 0 Å². The lowest BCUT2D eigenvalue weighted by molar-refractivity contribution is 0.353. The molecule has 0 spiro atoms. The number of aromatic nitrogens is 4. The third-order valence-electron chi connectivity index (χ3n) is 2.25. The molecule has 0 aliphatic carbocycles. The van der Waals surface area contributed by atoms with Gasteiger partial charge in [-0.15, -0.1) is 0 Å². The first kappa shape index (κ1) is 12.2. The van der Waals surface area contributed by atoms with E-state index in [4.69, 9.17) is 10.3 Å². The molecule has 0 amide bonds. The van der Waals surface area contributed by atoms with E-state index >= 15 is 0 Å². The van der Waals surface area contributed by atoms with Crippen LogP contribution in [0.4, 0.5) is 0 Å². The minimum absolute atomic E-state index is 0.0820. The Hall–Kier alpha value is -2.22. The number of hydrogen-bond acceptors (Lipinski definition) is 6. The first-order chi connectivity index (χ1) is 8.36. The largest absolute Gasteiger partial charge is 0.337 e. The Bertz CT molecular complexity index is 661. The lowest BCUT2D eigenvalue weighted by Crippen LogP contribution is -2.30. The second-order valence-corrected chi connectivity index (χ2v) is 4.47. The van der Waals surface area contributed by atoms with Gasteiger partial charge >= 0.3 is 5.69 Å². The van der Waals surface area contributed by atoms with Crippen molar-refractivity contribution >= 4 is 0 Å². The van der Waals surface area contributed by atoms with Crippen molar-refractivity contribution in [1.29, 1.82) is 0 Å². The molecule has 18 heavy (non-hydrogen) atoms. The van der Waals surface area contributed by atoms with Gasteiger partial charge in [0.25, 0.3) is 5.56 Å². The fourth-order valence-corrected chi connectivity index (χ4v) is 1.30. The highest BCUT2D eigenvalue weighted by atomic mass is 16.5. The van der Waals surface area contributed by atoms with Gasteiger partial charge in [0.1, 0.15) is 6.54 Å². The van der Waals surface area contributed by atoms with E-state index in [-0.39, 0.29) is 12.4 Å². The molecule has 3 N–H and O–H groups in total. The zero-order valence-electron chi connectivity index (χ0n) is 10.0. The monoisotopic (exact) mass is 251 g/mol. The van der Waals surface area contributed by atoms with E-state index in [1.54, 1.807) is 13.8 Å². The Balaban J connectivity index is 2.27. The van der Waals surface area contributed by atoms with Crippen LogP contribution in [0.3, 0.4) is 0 Å². The van der Waals surface area contributed by atoms with Crippen LogP contribution in [-0.2, 0) is 12.1 Å². The van der Waals surface area contributed by atoms with Crippen molar-refractivity contribution in [2.24, 2.45) is 5.73 Å². The zero-order valence-corrected chi connectivity index (χ0v) is 10.0. The fourth-order valence-electron chi connectivity index (χ4n) is 1.30. The van der Waals surface area contributed by atoms with Crippen molar-refractivity contribution in [2.45, 2.75) is 25.9 Å². The van der Waals surface area contributed by atoms with E-state index in [1.807, 2.05) is 0 Å². The van der Waals surface area contributed by atoms with Crippen molar-refractivity contribution in [2.75, 3.05) is 0 Å². The summed E-state index contributed by atoms with van der Waals surface area (Å²) >= 11 is 0. The average molecular weight is 251 g/mol. The van der Waals surface area contributed by atoms with Crippen molar-refractivity contribution in [3.8, 4) is 0 Å². The molecule has 0 fully saturated rings. The van der Waals surface area contributed by atoms with E-state index in [1.165, 1.54) is 16.8 Å². The number of nitrogens with one attached hydrogen (secondary N) is 1. The molecule has 0 bridgehead atoms. The Morgan fingerprint density at radius 3 is 2.78 bits per heavy atom. The molecule has 8 heteroatoms. The van der Waals surface area contributed by atoms with Gasteiger partial charge in [0.05, 0.1) is 5.54 Å². The molecule has 0 saturated heterocycles. The number of H-pyrrole nitrogens is 1. The topological polar surface area (TPSA) is 120 Å². The summed E-state index contributed by atoms with van der Waals surface area (Å²) < 4.78 is 6.24. The molecule has 2 rings (SSSR count). The zero-order chi connectivity index (χ0) is 13.3. The van der Waals surface area contributed by atoms with Crippen molar-refractivity contribution in [3.63, 3.8) is 0 Å². The molecule has 0 radical (unpaired) electrons. The summed E-state index contributed by atoms with van der Waals surface area (Å²) in [5.74, 6) is 0.604. The normalized spacial score (nSPS) is 11.7. The summed E-state index contributed by atoms with van der Waals surface area (Å²) in [5, 5.41) is 3.73. The van der Waals surface area contributed by atoms with Crippen LogP contribution in [0.2, 0.25) is 0 Å².